The monoisotopic (exact) mass is 549 g/mol. The summed E-state index contributed by atoms with van der Waals surface area (Å²) >= 11 is 0. The molecule has 0 unspecified atom stereocenters. The van der Waals surface area contributed by atoms with E-state index in [0.29, 0.717) is 23.4 Å². The van der Waals surface area contributed by atoms with Crippen LogP contribution in [-0.2, 0) is 11.3 Å². The number of aromatic nitrogens is 3. The lowest BCUT2D eigenvalue weighted by atomic mass is 10.0. The van der Waals surface area contributed by atoms with E-state index in [1.54, 1.807) is 6.07 Å². The molecule has 3 aromatic carbocycles. The zero-order valence-corrected chi connectivity index (χ0v) is 21.2. The van der Waals surface area contributed by atoms with E-state index in [4.69, 9.17) is 4.74 Å². The first kappa shape index (κ1) is 27.0. The summed E-state index contributed by atoms with van der Waals surface area (Å²) in [6.45, 7) is 2.46. The topological polar surface area (TPSA) is 66.2 Å². The van der Waals surface area contributed by atoms with E-state index in [0.717, 1.165) is 17.7 Å². The highest BCUT2D eigenvalue weighted by Crippen LogP contribution is 2.31. The van der Waals surface area contributed by atoms with E-state index in [-0.39, 0.29) is 34.8 Å². The molecule has 0 spiro atoms. The molecular weight excluding hydrogens is 526 g/mol. The van der Waals surface area contributed by atoms with Gasteiger partial charge in [-0.2, -0.15) is 0 Å². The van der Waals surface area contributed by atoms with Gasteiger partial charge in [-0.1, -0.05) is 42.5 Å². The van der Waals surface area contributed by atoms with Gasteiger partial charge < -0.3 is 9.47 Å². The Hall–Kier alpha value is -4.57. The predicted molar refractivity (Wildman–Crippen MR) is 142 cm³/mol. The maximum Gasteiger partial charge on any atom is 0.573 e. The van der Waals surface area contributed by atoms with Crippen molar-refractivity contribution in [1.29, 1.82) is 0 Å². The Labute approximate surface area is 226 Å². The van der Waals surface area contributed by atoms with Gasteiger partial charge >= 0.3 is 6.36 Å². The number of nitrogens with zero attached hydrogens (tertiary/aromatic N) is 3. The first-order valence-electron chi connectivity index (χ1n) is 12.3. The SMILES string of the molecule is C[C@@H](COCc1ccccc1)n1cnc2c(-c3cccc(F)c3)nc(-c3ccc(OC(F)(F)F)cc3)cc2c1=O. The minimum atomic E-state index is -4.83. The zero-order valence-electron chi connectivity index (χ0n) is 21.2. The predicted octanol–water partition coefficient (Wildman–Crippen LogP) is 6.94. The third-order valence-corrected chi connectivity index (χ3v) is 6.20. The Bertz CT molecular complexity index is 1690. The number of hydrogen-bond donors (Lipinski definition) is 0. The van der Waals surface area contributed by atoms with Crippen LogP contribution in [0.1, 0.15) is 18.5 Å². The van der Waals surface area contributed by atoms with Crippen LogP contribution in [0.2, 0.25) is 0 Å². The van der Waals surface area contributed by atoms with Crippen LogP contribution in [0.15, 0.2) is 96.1 Å². The Balaban J connectivity index is 1.54. The molecule has 0 aliphatic rings. The molecule has 0 amide bonds. The highest BCUT2D eigenvalue weighted by molar-refractivity contribution is 5.93. The van der Waals surface area contributed by atoms with Gasteiger partial charge in [-0.05, 0) is 55.0 Å². The van der Waals surface area contributed by atoms with E-state index in [1.165, 1.54) is 47.3 Å². The largest absolute Gasteiger partial charge is 0.573 e. The van der Waals surface area contributed by atoms with Gasteiger partial charge in [0.25, 0.3) is 5.56 Å². The van der Waals surface area contributed by atoms with Crippen LogP contribution < -0.4 is 10.3 Å². The standard InChI is InChI=1S/C30H23F4N3O3/c1-19(16-39-17-20-6-3-2-4-7-20)37-18-35-28-25(29(37)38)15-26(36-27(28)22-8-5-9-23(31)14-22)21-10-12-24(13-11-21)40-30(32,33)34/h2-15,18-19H,16-17H2,1H3/t19-/m0/s1. The summed E-state index contributed by atoms with van der Waals surface area (Å²) in [5, 5.41) is 0.220. The maximum atomic E-state index is 14.1. The summed E-state index contributed by atoms with van der Waals surface area (Å²) in [5.74, 6) is -0.889. The number of ether oxygens (including phenoxy) is 2. The van der Waals surface area contributed by atoms with Gasteiger partial charge in [-0.25, -0.2) is 14.4 Å². The summed E-state index contributed by atoms with van der Waals surface area (Å²) in [4.78, 5) is 22.8. The summed E-state index contributed by atoms with van der Waals surface area (Å²) in [6, 6.07) is 21.6. The molecule has 6 nitrogen and oxygen atoms in total. The highest BCUT2D eigenvalue weighted by Gasteiger charge is 2.31. The third kappa shape index (κ3) is 6.18. The van der Waals surface area contributed by atoms with Crippen LogP contribution in [0, 0.1) is 5.82 Å². The van der Waals surface area contributed by atoms with E-state index in [9.17, 15) is 22.4 Å². The third-order valence-electron chi connectivity index (χ3n) is 6.20. The van der Waals surface area contributed by atoms with Gasteiger partial charge in [0.05, 0.1) is 42.4 Å². The van der Waals surface area contributed by atoms with Gasteiger partial charge in [-0.15, -0.1) is 13.2 Å². The molecular formula is C30H23F4N3O3. The molecule has 0 saturated carbocycles. The maximum absolute atomic E-state index is 14.1. The minimum absolute atomic E-state index is 0.220. The Morgan fingerprint density at radius 1 is 0.925 bits per heavy atom. The van der Waals surface area contributed by atoms with Gasteiger partial charge in [-0.3, -0.25) is 9.36 Å². The number of pyridine rings is 1. The molecule has 5 rings (SSSR count). The molecule has 10 heteroatoms. The molecule has 0 saturated heterocycles. The molecule has 0 fully saturated rings. The van der Waals surface area contributed by atoms with E-state index >= 15 is 0 Å². The Kier molecular flexibility index (Phi) is 7.61. The average molecular weight is 550 g/mol. The summed E-state index contributed by atoms with van der Waals surface area (Å²) < 4.78 is 63.1. The van der Waals surface area contributed by atoms with E-state index in [2.05, 4.69) is 14.7 Å². The van der Waals surface area contributed by atoms with Crippen molar-refractivity contribution in [2.24, 2.45) is 0 Å². The van der Waals surface area contributed by atoms with Crippen LogP contribution in [-0.4, -0.2) is 27.5 Å². The van der Waals surface area contributed by atoms with Crippen LogP contribution in [0.25, 0.3) is 33.4 Å². The van der Waals surface area contributed by atoms with Crippen molar-refractivity contribution in [3.63, 3.8) is 0 Å². The lowest BCUT2D eigenvalue weighted by Crippen LogP contribution is -2.26. The van der Waals surface area contributed by atoms with Crippen molar-refractivity contribution in [3.05, 3.63) is 113 Å². The summed E-state index contributed by atoms with van der Waals surface area (Å²) in [7, 11) is 0. The molecule has 5 aromatic rings. The fourth-order valence-corrected chi connectivity index (χ4v) is 4.27. The van der Waals surface area contributed by atoms with Gasteiger partial charge in [0.1, 0.15) is 17.1 Å². The van der Waals surface area contributed by atoms with Gasteiger partial charge in [0.2, 0.25) is 0 Å². The molecule has 0 bridgehead atoms. The molecule has 204 valence electrons. The molecule has 40 heavy (non-hydrogen) atoms. The zero-order chi connectivity index (χ0) is 28.3. The minimum Gasteiger partial charge on any atom is -0.406 e. The smallest absolute Gasteiger partial charge is 0.406 e. The average Bonchev–Trinajstić information content (AvgIpc) is 2.93. The van der Waals surface area contributed by atoms with Crippen molar-refractivity contribution in [1.82, 2.24) is 14.5 Å². The van der Waals surface area contributed by atoms with E-state index < -0.39 is 17.9 Å². The lowest BCUT2D eigenvalue weighted by molar-refractivity contribution is -0.274. The van der Waals surface area contributed by atoms with E-state index in [1.807, 2.05) is 37.3 Å². The van der Waals surface area contributed by atoms with Crippen molar-refractivity contribution in [2.45, 2.75) is 25.9 Å². The normalized spacial score (nSPS) is 12.4. The molecule has 0 N–H and O–H groups in total. The van der Waals surface area contributed by atoms with Crippen LogP contribution in [0.4, 0.5) is 17.6 Å². The molecule has 0 aliphatic heterocycles. The van der Waals surface area contributed by atoms with Crippen LogP contribution >= 0.6 is 0 Å². The lowest BCUT2D eigenvalue weighted by Gasteiger charge is -2.17. The second kappa shape index (κ2) is 11.3. The fourth-order valence-electron chi connectivity index (χ4n) is 4.27. The molecule has 2 aromatic heterocycles. The highest BCUT2D eigenvalue weighted by atomic mass is 19.4. The Morgan fingerprint density at radius 2 is 1.68 bits per heavy atom. The summed E-state index contributed by atoms with van der Waals surface area (Å²) in [6.07, 6.45) is -3.42. The number of halogens is 4. The second-order valence-electron chi connectivity index (χ2n) is 9.14. The molecule has 0 radical (unpaired) electrons. The number of rotatable bonds is 8. The summed E-state index contributed by atoms with van der Waals surface area (Å²) in [5.41, 5.74) is 2.30. The molecule has 2 heterocycles. The first-order chi connectivity index (χ1) is 19.2. The van der Waals surface area contributed by atoms with Crippen molar-refractivity contribution in [2.75, 3.05) is 6.61 Å². The first-order valence-corrected chi connectivity index (χ1v) is 12.3. The fraction of sp³-hybridized carbons (Fsp3) is 0.167. The number of fused-ring (bicyclic) bond motifs is 1. The quantitative estimate of drug-likeness (QED) is 0.196. The van der Waals surface area contributed by atoms with Crippen LogP contribution in [0.5, 0.6) is 5.75 Å². The molecule has 0 aliphatic carbocycles. The van der Waals surface area contributed by atoms with Gasteiger partial charge in [0.15, 0.2) is 0 Å². The van der Waals surface area contributed by atoms with Crippen LogP contribution in [0.3, 0.4) is 0 Å². The molecule has 1 atom stereocenters. The van der Waals surface area contributed by atoms with Gasteiger partial charge in [0, 0.05) is 11.1 Å². The number of alkyl halides is 3. The number of benzene rings is 3. The van der Waals surface area contributed by atoms with Crippen molar-refractivity contribution in [3.8, 4) is 28.3 Å². The second-order valence-corrected chi connectivity index (χ2v) is 9.14. The number of hydrogen-bond acceptors (Lipinski definition) is 5. The Morgan fingerprint density at radius 3 is 2.38 bits per heavy atom. The van der Waals surface area contributed by atoms with Crippen molar-refractivity contribution < 1.29 is 27.0 Å². The van der Waals surface area contributed by atoms with Crippen molar-refractivity contribution >= 4 is 10.9 Å².